The van der Waals surface area contributed by atoms with Gasteiger partial charge in [0.05, 0.1) is 17.9 Å². The van der Waals surface area contributed by atoms with Crippen LogP contribution in [0.2, 0.25) is 0 Å². The van der Waals surface area contributed by atoms with Crippen LogP contribution >= 0.6 is 24.2 Å². The third-order valence-electron chi connectivity index (χ3n) is 5.14. The van der Waals surface area contributed by atoms with Crippen molar-refractivity contribution in [3.8, 4) is 5.75 Å². The summed E-state index contributed by atoms with van der Waals surface area (Å²) in [5.74, 6) is 1.64. The number of hydrogen-bond acceptors (Lipinski definition) is 5. The topological polar surface area (TPSA) is 81.0 Å². The van der Waals surface area contributed by atoms with E-state index < -0.39 is 11.4 Å². The van der Waals surface area contributed by atoms with Gasteiger partial charge in [0.2, 0.25) is 0 Å². The summed E-state index contributed by atoms with van der Waals surface area (Å²) in [6.07, 6.45) is 6.62. The van der Waals surface area contributed by atoms with E-state index in [1.54, 1.807) is 17.8 Å². The van der Waals surface area contributed by atoms with Crippen molar-refractivity contribution < 1.29 is 9.13 Å². The smallest absolute Gasteiger partial charge is 0.261 e. The molecule has 1 aromatic heterocycles. The predicted octanol–water partition coefficient (Wildman–Crippen LogP) is 3.78. The highest BCUT2D eigenvalue weighted by molar-refractivity contribution is 7.99. The molecule has 1 aromatic carbocycles. The van der Waals surface area contributed by atoms with Gasteiger partial charge in [-0.15, -0.1) is 12.4 Å². The number of halogens is 2. The number of H-pyrrole nitrogens is 1. The lowest BCUT2D eigenvalue weighted by molar-refractivity contribution is 0.299. The lowest BCUT2D eigenvalue weighted by Gasteiger charge is -2.25. The maximum atomic E-state index is 14.3. The molecule has 4 rings (SSSR count). The second-order valence-electron chi connectivity index (χ2n) is 7.41. The molecule has 2 aliphatic rings. The molecule has 3 N–H and O–H groups in total. The summed E-state index contributed by atoms with van der Waals surface area (Å²) < 4.78 is 20.0. The molecule has 0 atom stereocenters. The fourth-order valence-corrected chi connectivity index (χ4v) is 4.49. The molecule has 148 valence electrons. The van der Waals surface area contributed by atoms with Gasteiger partial charge in [0.15, 0.2) is 0 Å². The average Bonchev–Trinajstić information content (AvgIpc) is 3.43. The van der Waals surface area contributed by atoms with Gasteiger partial charge in [-0.05, 0) is 44.4 Å². The molecule has 0 unspecified atom stereocenters. The van der Waals surface area contributed by atoms with Gasteiger partial charge in [-0.3, -0.25) is 4.79 Å². The third-order valence-corrected chi connectivity index (χ3v) is 6.52. The summed E-state index contributed by atoms with van der Waals surface area (Å²) in [6, 6.07) is 3.27. The van der Waals surface area contributed by atoms with E-state index in [0.717, 1.165) is 25.7 Å². The Bertz CT molecular complexity index is 851. The maximum absolute atomic E-state index is 14.3. The minimum Gasteiger partial charge on any atom is -0.493 e. The predicted molar refractivity (Wildman–Crippen MR) is 109 cm³/mol. The Hall–Kier alpha value is -1.31. The standard InChI is InChI=1S/C19H24FN3O2S.ClH/c20-15-7-13(25-9-11-1-2-11)8-16-18(15)19(24)23-17(22-16)10-26-14-5-3-12(21)4-6-14;/h7-8,11-12,14H,1-6,9-10,21H2,(H,22,23,24);1H/t12-,14-;. The Kier molecular flexibility index (Phi) is 6.65. The second kappa shape index (κ2) is 8.80. The van der Waals surface area contributed by atoms with E-state index in [9.17, 15) is 9.18 Å². The molecule has 1 heterocycles. The number of nitrogens with zero attached hydrogens (tertiary/aromatic N) is 1. The van der Waals surface area contributed by atoms with Gasteiger partial charge in [-0.25, -0.2) is 9.37 Å². The highest BCUT2D eigenvalue weighted by atomic mass is 35.5. The highest BCUT2D eigenvalue weighted by Crippen LogP contribution is 2.31. The largest absolute Gasteiger partial charge is 0.493 e. The van der Waals surface area contributed by atoms with E-state index in [2.05, 4.69) is 9.97 Å². The van der Waals surface area contributed by atoms with Crippen LogP contribution in [0.25, 0.3) is 10.9 Å². The minimum absolute atomic E-state index is 0. The number of nitrogens with one attached hydrogen (secondary N) is 1. The fourth-order valence-electron chi connectivity index (χ4n) is 3.35. The molecule has 2 aliphatic carbocycles. The first kappa shape index (κ1) is 20.4. The lowest BCUT2D eigenvalue weighted by Crippen LogP contribution is -2.27. The van der Waals surface area contributed by atoms with Crippen LogP contribution in [0.4, 0.5) is 4.39 Å². The van der Waals surface area contributed by atoms with Gasteiger partial charge < -0.3 is 15.5 Å². The number of ether oxygens (including phenoxy) is 1. The zero-order valence-electron chi connectivity index (χ0n) is 15.1. The summed E-state index contributed by atoms with van der Waals surface area (Å²) in [5.41, 5.74) is 5.88. The van der Waals surface area contributed by atoms with Gasteiger partial charge in [-0.2, -0.15) is 11.8 Å². The van der Waals surface area contributed by atoms with Gasteiger partial charge in [0.1, 0.15) is 22.8 Å². The molecule has 0 amide bonds. The third kappa shape index (κ3) is 5.15. The monoisotopic (exact) mass is 413 g/mol. The van der Waals surface area contributed by atoms with Crippen LogP contribution in [-0.4, -0.2) is 27.9 Å². The molecule has 0 radical (unpaired) electrons. The van der Waals surface area contributed by atoms with Crippen molar-refractivity contribution >= 4 is 35.1 Å². The van der Waals surface area contributed by atoms with E-state index in [1.807, 2.05) is 0 Å². The van der Waals surface area contributed by atoms with Gasteiger partial charge in [-0.1, -0.05) is 0 Å². The summed E-state index contributed by atoms with van der Waals surface area (Å²) in [7, 11) is 0. The van der Waals surface area contributed by atoms with E-state index in [0.29, 0.717) is 46.7 Å². The van der Waals surface area contributed by atoms with Crippen LogP contribution in [-0.2, 0) is 5.75 Å². The van der Waals surface area contributed by atoms with Crippen LogP contribution in [0.1, 0.15) is 44.3 Å². The Morgan fingerprint density at radius 3 is 2.67 bits per heavy atom. The van der Waals surface area contributed by atoms with Crippen LogP contribution in [0.15, 0.2) is 16.9 Å². The van der Waals surface area contributed by atoms with Crippen molar-refractivity contribution in [2.24, 2.45) is 11.7 Å². The van der Waals surface area contributed by atoms with E-state index in [4.69, 9.17) is 10.5 Å². The molecule has 2 saturated carbocycles. The maximum Gasteiger partial charge on any atom is 0.261 e. The number of thioether (sulfide) groups is 1. The molecule has 8 heteroatoms. The van der Waals surface area contributed by atoms with Crippen molar-refractivity contribution in [1.29, 1.82) is 0 Å². The summed E-state index contributed by atoms with van der Waals surface area (Å²) >= 11 is 1.79. The number of fused-ring (bicyclic) bond motifs is 1. The molecule has 0 spiro atoms. The van der Waals surface area contributed by atoms with E-state index >= 15 is 0 Å². The minimum atomic E-state index is -0.581. The highest BCUT2D eigenvalue weighted by Gasteiger charge is 2.23. The van der Waals surface area contributed by atoms with Crippen molar-refractivity contribution in [2.75, 3.05) is 6.61 Å². The zero-order valence-corrected chi connectivity index (χ0v) is 16.7. The Morgan fingerprint density at radius 2 is 1.96 bits per heavy atom. The second-order valence-corrected chi connectivity index (χ2v) is 8.70. The molecule has 0 saturated heterocycles. The fraction of sp³-hybridized carbons (Fsp3) is 0.579. The van der Waals surface area contributed by atoms with Crippen molar-refractivity contribution in [1.82, 2.24) is 9.97 Å². The number of aromatic nitrogens is 2. The Morgan fingerprint density at radius 1 is 1.22 bits per heavy atom. The summed E-state index contributed by atoms with van der Waals surface area (Å²) in [6.45, 7) is 0.598. The normalized spacial score (nSPS) is 22.4. The molecule has 5 nitrogen and oxygen atoms in total. The molecular weight excluding hydrogens is 389 g/mol. The molecule has 2 fully saturated rings. The molecule has 0 aliphatic heterocycles. The lowest BCUT2D eigenvalue weighted by atomic mass is 9.96. The van der Waals surface area contributed by atoms with Crippen LogP contribution in [0, 0.1) is 11.7 Å². The number of benzene rings is 1. The van der Waals surface area contributed by atoms with Crippen LogP contribution < -0.4 is 16.0 Å². The van der Waals surface area contributed by atoms with E-state index in [1.165, 1.54) is 18.9 Å². The Balaban J connectivity index is 0.00000210. The zero-order chi connectivity index (χ0) is 18.1. The number of aromatic amines is 1. The Labute approximate surface area is 168 Å². The van der Waals surface area contributed by atoms with Crippen molar-refractivity contribution in [3.05, 3.63) is 34.1 Å². The average molecular weight is 414 g/mol. The number of nitrogens with two attached hydrogens (primary N) is 1. The van der Waals surface area contributed by atoms with Crippen molar-refractivity contribution in [2.45, 2.75) is 55.6 Å². The van der Waals surface area contributed by atoms with E-state index in [-0.39, 0.29) is 17.8 Å². The first-order valence-corrected chi connectivity index (χ1v) is 10.4. The molecule has 2 aromatic rings. The first-order valence-electron chi connectivity index (χ1n) is 9.31. The van der Waals surface area contributed by atoms with Gasteiger partial charge >= 0.3 is 0 Å². The molecule has 27 heavy (non-hydrogen) atoms. The van der Waals surface area contributed by atoms with Crippen molar-refractivity contribution in [3.63, 3.8) is 0 Å². The first-order chi connectivity index (χ1) is 12.6. The van der Waals surface area contributed by atoms with Gasteiger partial charge in [0, 0.05) is 23.4 Å². The summed E-state index contributed by atoms with van der Waals surface area (Å²) in [5, 5.41) is 0.543. The molecular formula is C19H25ClFN3O2S. The van der Waals surface area contributed by atoms with Crippen LogP contribution in [0.3, 0.4) is 0 Å². The number of hydrogen-bond donors (Lipinski definition) is 2. The summed E-state index contributed by atoms with van der Waals surface area (Å²) in [4.78, 5) is 19.5. The SMILES string of the molecule is Cl.N[C@H]1CC[C@H](SCc2nc3cc(OCC4CC4)cc(F)c3c(=O)[nH]2)CC1. The number of rotatable bonds is 6. The quantitative estimate of drug-likeness (QED) is 0.753. The van der Waals surface area contributed by atoms with Crippen LogP contribution in [0.5, 0.6) is 5.75 Å². The molecule has 0 bridgehead atoms. The van der Waals surface area contributed by atoms with Gasteiger partial charge in [0.25, 0.3) is 5.56 Å².